The summed E-state index contributed by atoms with van der Waals surface area (Å²) < 4.78 is 0. The average molecular weight is 370 g/mol. The zero-order valence-corrected chi connectivity index (χ0v) is 15.5. The van der Waals surface area contributed by atoms with E-state index in [2.05, 4.69) is 0 Å². The molecule has 1 saturated carbocycles. The first-order valence-corrected chi connectivity index (χ1v) is 9.82. The highest BCUT2D eigenvalue weighted by Gasteiger charge is 2.50. The van der Waals surface area contributed by atoms with Gasteiger partial charge in [-0.3, -0.25) is 4.79 Å². The molecule has 3 atom stereocenters. The minimum absolute atomic E-state index is 0.0273. The van der Waals surface area contributed by atoms with Gasteiger partial charge in [0.1, 0.15) is 0 Å². The number of hydrogen-bond acceptors (Lipinski definition) is 2. The predicted molar refractivity (Wildman–Crippen MR) is 103 cm³/mol. The van der Waals surface area contributed by atoms with Crippen molar-refractivity contribution in [2.45, 2.75) is 43.7 Å². The third-order valence-corrected chi connectivity index (χ3v) is 6.32. The zero-order valence-electron chi connectivity index (χ0n) is 14.8. The third-order valence-electron chi connectivity index (χ3n) is 6.08. The van der Waals surface area contributed by atoms with Crippen LogP contribution in [0.2, 0.25) is 5.02 Å². The van der Waals surface area contributed by atoms with Crippen LogP contribution in [0.3, 0.4) is 0 Å². The molecule has 0 aromatic heterocycles. The molecule has 2 fully saturated rings. The van der Waals surface area contributed by atoms with Gasteiger partial charge in [0.25, 0.3) is 5.91 Å². The maximum atomic E-state index is 13.1. The van der Waals surface area contributed by atoms with Crippen LogP contribution in [0.5, 0.6) is 0 Å². The molecule has 2 aliphatic rings. The standard InChI is InChI=1S/C22H24ClNO2/c23-18-10-6-7-16(15-18)21(25)24-14-13-22(26,17-8-2-1-3-9-17)19-11-4-5-12-20(19)24/h1-3,6-10,15,19-20,26H,4-5,11-14H2/t19-,20?,22+/m0/s1. The van der Waals surface area contributed by atoms with Gasteiger partial charge < -0.3 is 10.0 Å². The molecule has 0 spiro atoms. The summed E-state index contributed by atoms with van der Waals surface area (Å²) in [5.41, 5.74) is 0.760. The number of carbonyl (C=O) groups excluding carboxylic acids is 1. The van der Waals surface area contributed by atoms with Gasteiger partial charge in [0.2, 0.25) is 0 Å². The Hall–Kier alpha value is -1.84. The largest absolute Gasteiger partial charge is 0.385 e. The second-order valence-corrected chi connectivity index (χ2v) is 7.94. The van der Waals surface area contributed by atoms with Crippen LogP contribution in [0.25, 0.3) is 0 Å². The van der Waals surface area contributed by atoms with Gasteiger partial charge in [0, 0.05) is 29.1 Å². The van der Waals surface area contributed by atoms with Crippen molar-refractivity contribution in [1.82, 2.24) is 4.90 Å². The van der Waals surface area contributed by atoms with Gasteiger partial charge in [-0.25, -0.2) is 0 Å². The fourth-order valence-corrected chi connectivity index (χ4v) is 5.00. The van der Waals surface area contributed by atoms with Crippen LogP contribution in [0.15, 0.2) is 54.6 Å². The van der Waals surface area contributed by atoms with E-state index in [4.69, 9.17) is 11.6 Å². The Morgan fingerprint density at radius 3 is 2.62 bits per heavy atom. The smallest absolute Gasteiger partial charge is 0.254 e. The summed E-state index contributed by atoms with van der Waals surface area (Å²) in [4.78, 5) is 15.1. The molecule has 4 rings (SSSR count). The molecule has 2 aromatic rings. The lowest BCUT2D eigenvalue weighted by Crippen LogP contribution is -2.58. The molecule has 26 heavy (non-hydrogen) atoms. The topological polar surface area (TPSA) is 40.5 Å². The molecule has 1 amide bonds. The molecular formula is C22H24ClNO2. The minimum Gasteiger partial charge on any atom is -0.385 e. The van der Waals surface area contributed by atoms with E-state index < -0.39 is 5.60 Å². The number of rotatable bonds is 2. The van der Waals surface area contributed by atoms with Gasteiger partial charge in [-0.05, 0) is 43.0 Å². The molecule has 1 N–H and O–H groups in total. The lowest BCUT2D eigenvalue weighted by molar-refractivity contribution is -0.110. The normalized spacial score (nSPS) is 28.5. The Bertz CT molecular complexity index is 794. The van der Waals surface area contributed by atoms with Crippen LogP contribution in [-0.4, -0.2) is 28.5 Å². The number of aliphatic hydroxyl groups is 1. The SMILES string of the molecule is O=C(c1cccc(Cl)c1)N1CC[C@@](O)(c2ccccc2)[C@H]2CCCCC21. The number of nitrogens with zero attached hydrogens (tertiary/aromatic N) is 1. The molecule has 1 heterocycles. The van der Waals surface area contributed by atoms with Gasteiger partial charge in [-0.2, -0.15) is 0 Å². The van der Waals surface area contributed by atoms with Gasteiger partial charge in [0.05, 0.1) is 5.60 Å². The van der Waals surface area contributed by atoms with Gasteiger partial charge >= 0.3 is 0 Å². The number of halogens is 1. The molecule has 1 aliphatic heterocycles. The number of fused-ring (bicyclic) bond motifs is 1. The minimum atomic E-state index is -0.850. The first-order valence-electron chi connectivity index (χ1n) is 9.44. The molecule has 1 unspecified atom stereocenters. The van der Waals surface area contributed by atoms with Crippen LogP contribution >= 0.6 is 11.6 Å². The summed E-state index contributed by atoms with van der Waals surface area (Å²) in [6.07, 6.45) is 4.69. The third kappa shape index (κ3) is 3.04. The van der Waals surface area contributed by atoms with Crippen molar-refractivity contribution in [2.24, 2.45) is 5.92 Å². The van der Waals surface area contributed by atoms with Gasteiger partial charge in [-0.15, -0.1) is 0 Å². The molecule has 2 aromatic carbocycles. The van der Waals surface area contributed by atoms with Crippen LogP contribution in [0.1, 0.15) is 48.0 Å². The van der Waals surface area contributed by atoms with Crippen molar-refractivity contribution < 1.29 is 9.90 Å². The summed E-state index contributed by atoms with van der Waals surface area (Å²) in [5, 5.41) is 12.2. The van der Waals surface area contributed by atoms with Crippen molar-refractivity contribution in [3.05, 3.63) is 70.7 Å². The highest BCUT2D eigenvalue weighted by atomic mass is 35.5. The molecule has 1 aliphatic carbocycles. The maximum Gasteiger partial charge on any atom is 0.254 e. The van der Waals surface area contributed by atoms with E-state index in [1.165, 1.54) is 0 Å². The van der Waals surface area contributed by atoms with Crippen molar-refractivity contribution in [3.8, 4) is 0 Å². The summed E-state index contributed by atoms with van der Waals surface area (Å²) in [6, 6.07) is 17.2. The van der Waals surface area contributed by atoms with Crippen molar-refractivity contribution in [1.29, 1.82) is 0 Å². The number of carbonyl (C=O) groups is 1. The average Bonchev–Trinajstić information content (AvgIpc) is 2.69. The monoisotopic (exact) mass is 369 g/mol. The first-order chi connectivity index (χ1) is 12.6. The molecular weight excluding hydrogens is 346 g/mol. The lowest BCUT2D eigenvalue weighted by atomic mass is 9.66. The van der Waals surface area contributed by atoms with Crippen LogP contribution in [-0.2, 0) is 5.60 Å². The van der Waals surface area contributed by atoms with E-state index in [0.29, 0.717) is 23.6 Å². The molecule has 4 heteroatoms. The van der Waals surface area contributed by atoms with Gasteiger partial charge in [-0.1, -0.05) is 60.8 Å². The number of benzene rings is 2. The predicted octanol–water partition coefficient (Wildman–Crippen LogP) is 4.63. The number of amides is 1. The summed E-state index contributed by atoms with van der Waals surface area (Å²) in [5.74, 6) is 0.107. The van der Waals surface area contributed by atoms with E-state index >= 15 is 0 Å². The van der Waals surface area contributed by atoms with E-state index in [1.807, 2.05) is 47.4 Å². The van der Waals surface area contributed by atoms with Crippen LogP contribution in [0.4, 0.5) is 0 Å². The molecule has 0 radical (unpaired) electrons. The molecule has 0 bridgehead atoms. The second-order valence-electron chi connectivity index (χ2n) is 7.51. The van der Waals surface area contributed by atoms with Crippen molar-refractivity contribution in [3.63, 3.8) is 0 Å². The van der Waals surface area contributed by atoms with E-state index in [-0.39, 0.29) is 17.9 Å². The zero-order chi connectivity index (χ0) is 18.1. The number of likely N-dealkylation sites (tertiary alicyclic amines) is 1. The van der Waals surface area contributed by atoms with Crippen LogP contribution in [0, 0.1) is 5.92 Å². The van der Waals surface area contributed by atoms with Gasteiger partial charge in [0.15, 0.2) is 0 Å². The highest BCUT2D eigenvalue weighted by molar-refractivity contribution is 6.30. The summed E-state index contributed by atoms with van der Waals surface area (Å²) in [6.45, 7) is 0.567. The number of hydrogen-bond donors (Lipinski definition) is 1. The Kier molecular flexibility index (Phi) is 4.76. The maximum absolute atomic E-state index is 13.1. The summed E-state index contributed by atoms with van der Waals surface area (Å²) in [7, 11) is 0. The highest BCUT2D eigenvalue weighted by Crippen LogP contribution is 2.47. The van der Waals surface area contributed by atoms with E-state index in [0.717, 1.165) is 31.2 Å². The van der Waals surface area contributed by atoms with Crippen molar-refractivity contribution >= 4 is 17.5 Å². The summed E-state index contributed by atoms with van der Waals surface area (Å²) >= 11 is 6.08. The van der Waals surface area contributed by atoms with Crippen LogP contribution < -0.4 is 0 Å². The quantitative estimate of drug-likeness (QED) is 0.838. The molecule has 3 nitrogen and oxygen atoms in total. The molecule has 1 saturated heterocycles. The van der Waals surface area contributed by atoms with E-state index in [1.54, 1.807) is 12.1 Å². The van der Waals surface area contributed by atoms with E-state index in [9.17, 15) is 9.90 Å². The fraction of sp³-hybridized carbons (Fsp3) is 0.409. The Morgan fingerprint density at radius 1 is 1.08 bits per heavy atom. The molecule has 136 valence electrons. The lowest BCUT2D eigenvalue weighted by Gasteiger charge is -2.52. The van der Waals surface area contributed by atoms with Crippen molar-refractivity contribution in [2.75, 3.05) is 6.54 Å². The number of piperidine rings is 1. The Labute approximate surface area is 159 Å². The fourth-order valence-electron chi connectivity index (χ4n) is 4.81. The Balaban J connectivity index is 1.66. The first kappa shape index (κ1) is 17.6. The second kappa shape index (κ2) is 7.05. The Morgan fingerprint density at radius 2 is 1.85 bits per heavy atom.